The summed E-state index contributed by atoms with van der Waals surface area (Å²) in [6, 6.07) is 21.5. The van der Waals surface area contributed by atoms with Crippen LogP contribution in [0.15, 0.2) is 119 Å². The van der Waals surface area contributed by atoms with Gasteiger partial charge >= 0.3 is 5.97 Å². The SMILES string of the molecule is [C-]#[N+]/C(C#N)=C(/C(C#N)=C/C=C/C1=C(N(CCOOCC)CC(=O)OCC)C(=C/C=C/C(C#N)=C(\c2ccc(NS(C)(=O)=O)cc2)C(C#N)C#N)CC1)c1ccc(NS(C)(=O)=O)cc1. The van der Waals surface area contributed by atoms with Gasteiger partial charge in [0.05, 0.1) is 80.4 Å². The van der Waals surface area contributed by atoms with Crippen molar-refractivity contribution in [3.8, 4) is 30.3 Å². The molecule has 0 heterocycles. The minimum Gasteiger partial charge on any atom is -0.465 e. The van der Waals surface area contributed by atoms with Crippen molar-refractivity contribution in [1.29, 1.82) is 26.3 Å². The highest BCUT2D eigenvalue weighted by molar-refractivity contribution is 7.92. The molecule has 0 saturated carbocycles. The molecule has 0 aromatic heterocycles. The van der Waals surface area contributed by atoms with E-state index in [0.717, 1.165) is 12.5 Å². The van der Waals surface area contributed by atoms with Crippen molar-refractivity contribution < 1.29 is 36.1 Å². The number of benzene rings is 2. The van der Waals surface area contributed by atoms with Gasteiger partial charge in [-0.25, -0.2) is 36.7 Å². The normalized spacial score (nSPS) is 14.4. The van der Waals surface area contributed by atoms with Gasteiger partial charge in [-0.2, -0.15) is 21.0 Å². The Hall–Kier alpha value is -7.75. The quantitative estimate of drug-likeness (QED) is 0.0255. The second-order valence-electron chi connectivity index (χ2n) is 13.4. The lowest BCUT2D eigenvalue weighted by Crippen LogP contribution is -2.34. The molecular weight excluding hydrogens is 859 g/mol. The van der Waals surface area contributed by atoms with Crippen LogP contribution in [0.5, 0.6) is 0 Å². The van der Waals surface area contributed by atoms with E-state index >= 15 is 0 Å². The Morgan fingerprint density at radius 2 is 1.45 bits per heavy atom. The summed E-state index contributed by atoms with van der Waals surface area (Å²) in [5.74, 6) is -1.89. The van der Waals surface area contributed by atoms with Gasteiger partial charge in [0.1, 0.15) is 6.54 Å². The van der Waals surface area contributed by atoms with E-state index in [1.54, 1.807) is 43.1 Å². The number of allylic oxidation sites excluding steroid dienone is 13. The van der Waals surface area contributed by atoms with Crippen LogP contribution in [0.4, 0.5) is 11.4 Å². The largest absolute Gasteiger partial charge is 0.465 e. The van der Waals surface area contributed by atoms with Crippen LogP contribution in [0, 0.1) is 69.1 Å². The Bertz CT molecular complexity index is 2750. The van der Waals surface area contributed by atoms with Gasteiger partial charge in [-0.05, 0) is 85.4 Å². The summed E-state index contributed by atoms with van der Waals surface area (Å²) in [6.45, 7) is 11.4. The predicted octanol–water partition coefficient (Wildman–Crippen LogP) is 6.59. The van der Waals surface area contributed by atoms with Gasteiger partial charge < -0.3 is 9.64 Å². The number of rotatable bonds is 21. The number of nitriles is 5. The molecule has 0 atom stereocenters. The number of ether oxygens (including phenoxy) is 1. The molecule has 64 heavy (non-hydrogen) atoms. The lowest BCUT2D eigenvalue weighted by molar-refractivity contribution is -0.291. The Kier molecular flexibility index (Phi) is 19.5. The highest BCUT2D eigenvalue weighted by Gasteiger charge is 2.26. The Morgan fingerprint density at radius 3 is 1.95 bits per heavy atom. The predicted molar refractivity (Wildman–Crippen MR) is 238 cm³/mol. The molecule has 3 rings (SSSR count). The van der Waals surface area contributed by atoms with Gasteiger partial charge in [-0.3, -0.25) is 14.2 Å². The first-order valence-electron chi connectivity index (χ1n) is 19.2. The summed E-state index contributed by atoms with van der Waals surface area (Å²) in [5, 5.41) is 50.1. The number of nitrogens with zero attached hydrogens (tertiary/aromatic N) is 7. The lowest BCUT2D eigenvalue weighted by atomic mass is 9.90. The third-order valence-corrected chi connectivity index (χ3v) is 9.97. The van der Waals surface area contributed by atoms with E-state index in [1.807, 2.05) is 18.2 Å². The van der Waals surface area contributed by atoms with Crippen molar-refractivity contribution in [1.82, 2.24) is 4.90 Å². The molecule has 1 aliphatic carbocycles. The van der Waals surface area contributed by atoms with Gasteiger partial charge in [0.15, 0.2) is 5.92 Å². The van der Waals surface area contributed by atoms with Crippen LogP contribution in [-0.4, -0.2) is 73.1 Å². The molecular formula is C45H43N9O8S2. The van der Waals surface area contributed by atoms with E-state index in [4.69, 9.17) is 21.1 Å². The maximum atomic E-state index is 13.0. The Labute approximate surface area is 373 Å². The zero-order valence-electron chi connectivity index (χ0n) is 35.3. The third-order valence-electron chi connectivity index (χ3n) is 8.76. The summed E-state index contributed by atoms with van der Waals surface area (Å²) in [4.78, 5) is 28.4. The fourth-order valence-electron chi connectivity index (χ4n) is 6.29. The van der Waals surface area contributed by atoms with Gasteiger partial charge in [0.25, 0.3) is 5.70 Å². The molecule has 328 valence electrons. The average Bonchev–Trinajstić information content (AvgIpc) is 3.65. The first-order valence-corrected chi connectivity index (χ1v) is 23.0. The molecule has 0 fully saturated rings. The van der Waals surface area contributed by atoms with E-state index in [0.29, 0.717) is 40.8 Å². The van der Waals surface area contributed by atoms with Gasteiger partial charge in [-0.15, -0.1) is 0 Å². The summed E-state index contributed by atoms with van der Waals surface area (Å²) in [7, 11) is -7.17. The summed E-state index contributed by atoms with van der Waals surface area (Å²) >= 11 is 0. The van der Waals surface area contributed by atoms with Crippen molar-refractivity contribution in [3.05, 3.63) is 141 Å². The van der Waals surface area contributed by atoms with Crippen LogP contribution < -0.4 is 9.44 Å². The van der Waals surface area contributed by atoms with E-state index in [1.165, 1.54) is 60.7 Å². The van der Waals surface area contributed by atoms with Crippen LogP contribution in [0.3, 0.4) is 0 Å². The van der Waals surface area contributed by atoms with Crippen molar-refractivity contribution in [2.45, 2.75) is 26.7 Å². The number of esters is 1. The topological polar surface area (TPSA) is 264 Å². The average molecular weight is 902 g/mol. The van der Waals surface area contributed by atoms with Gasteiger partial charge in [0.2, 0.25) is 20.0 Å². The number of hydrogen-bond acceptors (Lipinski definition) is 14. The van der Waals surface area contributed by atoms with Gasteiger partial charge in [0, 0.05) is 34.8 Å². The Morgan fingerprint density at radius 1 is 0.844 bits per heavy atom. The number of hydrogen-bond donors (Lipinski definition) is 2. The highest BCUT2D eigenvalue weighted by atomic mass is 32.2. The van der Waals surface area contributed by atoms with Crippen molar-refractivity contribution in [3.63, 3.8) is 0 Å². The van der Waals surface area contributed by atoms with Crippen LogP contribution in [0.2, 0.25) is 0 Å². The van der Waals surface area contributed by atoms with E-state index in [-0.39, 0.29) is 72.3 Å². The molecule has 0 amide bonds. The van der Waals surface area contributed by atoms with Crippen molar-refractivity contribution in [2.75, 3.05) is 54.9 Å². The number of carbonyl (C=O) groups excluding carboxylic acids is 1. The number of carbonyl (C=O) groups is 1. The standard InChI is InChI=1S/C45H43N9O8S2/c1-6-60-42(55)31-54(24-25-62-61-7-2)45-34(10-8-12-36(26-46)43(38(28-48)29-49)32-16-20-39(21-17-32)52-63(4,56)57)14-15-35(45)11-9-13-37(27-47)44(41(30-50)51-3)33-18-22-40(23-19-33)53-64(5,58)59/h8-13,16-23,38,52-53H,6-7,14-15,24-25,31H2,1-2,4-5H3/b11-9+,12-8+,34-10?,37-13+,43-36-,44-41+. The fraction of sp³-hybridized carbons (Fsp3) is 0.267. The van der Waals surface area contributed by atoms with E-state index < -0.39 is 31.9 Å². The number of sulfonamides is 2. The molecule has 17 nitrogen and oxygen atoms in total. The van der Waals surface area contributed by atoms with Crippen molar-refractivity contribution in [2.24, 2.45) is 5.92 Å². The van der Waals surface area contributed by atoms with Crippen LogP contribution in [0.25, 0.3) is 16.0 Å². The number of nitrogens with one attached hydrogen (secondary N) is 2. The molecule has 0 radical (unpaired) electrons. The summed E-state index contributed by atoms with van der Waals surface area (Å²) in [5.41, 5.74) is 2.82. The third kappa shape index (κ3) is 15.3. The van der Waals surface area contributed by atoms with Crippen LogP contribution >= 0.6 is 0 Å². The first-order chi connectivity index (χ1) is 30.6. The Balaban J connectivity index is 2.23. The minimum atomic E-state index is -3.59. The highest BCUT2D eigenvalue weighted by Crippen LogP contribution is 2.36. The first kappa shape index (κ1) is 50.6. The molecule has 2 N–H and O–H groups in total. The van der Waals surface area contributed by atoms with Gasteiger partial charge in [-0.1, -0.05) is 48.6 Å². The zero-order chi connectivity index (χ0) is 47.3. The smallest absolute Gasteiger partial charge is 0.325 e. The monoisotopic (exact) mass is 901 g/mol. The lowest BCUT2D eigenvalue weighted by Gasteiger charge is -2.27. The second-order valence-corrected chi connectivity index (χ2v) is 16.9. The summed E-state index contributed by atoms with van der Waals surface area (Å²) in [6.07, 6.45) is 12.3. The molecule has 2 aromatic carbocycles. The molecule has 0 aliphatic heterocycles. The molecule has 2 aromatic rings. The molecule has 0 spiro atoms. The van der Waals surface area contributed by atoms with Crippen molar-refractivity contribution >= 4 is 48.5 Å². The fourth-order valence-corrected chi connectivity index (χ4v) is 7.42. The molecule has 19 heteroatoms. The maximum Gasteiger partial charge on any atom is 0.325 e. The number of anilines is 2. The molecule has 1 aliphatic rings. The van der Waals surface area contributed by atoms with Crippen LogP contribution in [0.1, 0.15) is 37.8 Å². The second kappa shape index (κ2) is 24.6. The molecule has 0 unspecified atom stereocenters. The summed E-state index contributed by atoms with van der Waals surface area (Å²) < 4.78 is 56.9. The zero-order valence-corrected chi connectivity index (χ0v) is 37.0. The maximum absolute atomic E-state index is 13.0. The van der Waals surface area contributed by atoms with E-state index in [2.05, 4.69) is 26.4 Å². The molecule has 0 bridgehead atoms. The molecule has 0 saturated heterocycles. The van der Waals surface area contributed by atoms with Crippen LogP contribution in [-0.2, 0) is 39.4 Å². The van der Waals surface area contributed by atoms with E-state index in [9.17, 15) is 47.9 Å². The minimum absolute atomic E-state index is 0.0126.